The molecule has 10 heteroatoms. The minimum atomic E-state index is -1.11. The number of carbonyl (C=O) groups excluding carboxylic acids is 2. The van der Waals surface area contributed by atoms with Gasteiger partial charge in [0.25, 0.3) is 0 Å². The lowest BCUT2D eigenvalue weighted by molar-refractivity contribution is -0.121. The van der Waals surface area contributed by atoms with Crippen molar-refractivity contribution in [3.8, 4) is 0 Å². The summed E-state index contributed by atoms with van der Waals surface area (Å²) in [5.74, 6) is -2.49. The van der Waals surface area contributed by atoms with E-state index in [0.717, 1.165) is 16.7 Å². The second kappa shape index (κ2) is 8.65. The van der Waals surface area contributed by atoms with E-state index in [0.29, 0.717) is 0 Å². The molecule has 0 radical (unpaired) electrons. The highest BCUT2D eigenvalue weighted by Crippen LogP contribution is 2.29. The molecule has 1 aliphatic rings. The van der Waals surface area contributed by atoms with Gasteiger partial charge in [0.05, 0.1) is 17.5 Å². The average Bonchev–Trinajstić information content (AvgIpc) is 2.96. The van der Waals surface area contributed by atoms with Gasteiger partial charge in [0.2, 0.25) is 11.8 Å². The highest BCUT2D eigenvalue weighted by Gasteiger charge is 2.40. The number of hydrogen-bond acceptors (Lipinski definition) is 6. The van der Waals surface area contributed by atoms with Crippen LogP contribution < -0.4 is 10.6 Å². The number of anilines is 1. The van der Waals surface area contributed by atoms with Gasteiger partial charge in [-0.1, -0.05) is 30.0 Å². The van der Waals surface area contributed by atoms with E-state index >= 15 is 0 Å². The van der Waals surface area contributed by atoms with Crippen LogP contribution >= 0.6 is 11.8 Å². The maximum atomic E-state index is 13.5. The fourth-order valence-corrected chi connectivity index (χ4v) is 3.44. The molecule has 0 saturated carbocycles. The second-order valence-corrected chi connectivity index (χ2v) is 7.16. The van der Waals surface area contributed by atoms with Crippen LogP contribution in [0.15, 0.2) is 58.7 Å². The number of nitrogens with zero attached hydrogens (tertiary/aromatic N) is 3. The molecule has 1 atom stereocenters. The van der Waals surface area contributed by atoms with Crippen LogP contribution in [0.4, 0.5) is 10.1 Å². The third-order valence-corrected chi connectivity index (χ3v) is 4.97. The summed E-state index contributed by atoms with van der Waals surface area (Å²) in [5, 5.41) is 15.5. The first-order chi connectivity index (χ1) is 13.9. The molecule has 0 aromatic heterocycles. The first-order valence-corrected chi connectivity index (χ1v) is 9.22. The number of rotatable bonds is 5. The van der Waals surface area contributed by atoms with Crippen LogP contribution in [-0.2, 0) is 9.59 Å². The predicted octanol–water partition coefficient (Wildman–Crippen LogP) is 2.24. The molecule has 8 nitrogen and oxygen atoms in total. The Kier molecular flexibility index (Phi) is 6.03. The summed E-state index contributed by atoms with van der Waals surface area (Å²) in [6, 6.07) is 11.4. The molecule has 0 unspecified atom stereocenters. The molecule has 3 rings (SSSR count). The van der Waals surface area contributed by atoms with E-state index in [1.165, 1.54) is 42.6 Å². The monoisotopic (exact) mass is 414 g/mol. The number of benzene rings is 2. The van der Waals surface area contributed by atoms with Gasteiger partial charge in [-0.05, 0) is 30.3 Å². The summed E-state index contributed by atoms with van der Waals surface area (Å²) in [6.45, 7) is 0. The molecule has 0 aliphatic carbocycles. The van der Waals surface area contributed by atoms with Crippen molar-refractivity contribution >= 4 is 46.6 Å². The van der Waals surface area contributed by atoms with E-state index < -0.39 is 28.9 Å². The van der Waals surface area contributed by atoms with Crippen molar-refractivity contribution in [2.75, 3.05) is 4.90 Å². The molecule has 148 valence electrons. The Hall–Kier alpha value is -3.53. The first kappa shape index (κ1) is 20.2. The SMILES string of the molecule is NC(=N/N=C\c1ccccc1F)S[C@H]1CC(=O)N(c2ccc(C(=O)O)cc2)C1=O. The number of halogens is 1. The summed E-state index contributed by atoms with van der Waals surface area (Å²) in [4.78, 5) is 36.7. The number of thioether (sulfide) groups is 1. The molecule has 3 N–H and O–H groups in total. The number of carboxylic acid groups (broad SMARTS) is 1. The molecular formula is C19H15FN4O4S. The summed E-state index contributed by atoms with van der Waals surface area (Å²) in [7, 11) is 0. The van der Waals surface area contributed by atoms with Gasteiger partial charge in [-0.15, -0.1) is 5.10 Å². The molecule has 1 saturated heterocycles. The highest BCUT2D eigenvalue weighted by molar-refractivity contribution is 8.14. The molecule has 1 heterocycles. The topological polar surface area (TPSA) is 125 Å². The molecule has 2 aromatic rings. The number of aromatic carboxylic acids is 1. The minimum Gasteiger partial charge on any atom is -0.478 e. The lowest BCUT2D eigenvalue weighted by Gasteiger charge is -2.14. The van der Waals surface area contributed by atoms with E-state index in [4.69, 9.17) is 10.8 Å². The van der Waals surface area contributed by atoms with Gasteiger partial charge in [0.1, 0.15) is 11.1 Å². The Morgan fingerprint density at radius 3 is 2.55 bits per heavy atom. The normalized spacial score (nSPS) is 17.3. The number of carbonyl (C=O) groups is 3. The van der Waals surface area contributed by atoms with Crippen LogP contribution in [0, 0.1) is 5.82 Å². The van der Waals surface area contributed by atoms with Crippen molar-refractivity contribution in [2.24, 2.45) is 15.9 Å². The zero-order valence-corrected chi connectivity index (χ0v) is 15.7. The smallest absolute Gasteiger partial charge is 0.335 e. The van der Waals surface area contributed by atoms with Gasteiger partial charge in [-0.25, -0.2) is 14.1 Å². The Morgan fingerprint density at radius 2 is 1.90 bits per heavy atom. The Bertz CT molecular complexity index is 1020. The number of amidine groups is 1. The van der Waals surface area contributed by atoms with Crippen LogP contribution in [0.2, 0.25) is 0 Å². The Labute approximate surface area is 168 Å². The van der Waals surface area contributed by atoms with Crippen molar-refractivity contribution in [3.05, 3.63) is 65.5 Å². The van der Waals surface area contributed by atoms with Crippen molar-refractivity contribution in [2.45, 2.75) is 11.7 Å². The summed E-state index contributed by atoms with van der Waals surface area (Å²) >= 11 is 0.879. The lowest BCUT2D eigenvalue weighted by Crippen LogP contribution is -2.31. The molecule has 2 amide bonds. The van der Waals surface area contributed by atoms with Crippen molar-refractivity contribution in [3.63, 3.8) is 0 Å². The number of carboxylic acids is 1. The van der Waals surface area contributed by atoms with Gasteiger partial charge in [0.15, 0.2) is 5.17 Å². The van der Waals surface area contributed by atoms with E-state index in [2.05, 4.69) is 10.2 Å². The number of amides is 2. The first-order valence-electron chi connectivity index (χ1n) is 8.34. The van der Waals surface area contributed by atoms with Gasteiger partial charge in [-0.3, -0.25) is 9.59 Å². The quantitative estimate of drug-likeness (QED) is 0.334. The number of imide groups is 1. The summed E-state index contributed by atoms with van der Waals surface area (Å²) in [6.07, 6.45) is 1.11. The highest BCUT2D eigenvalue weighted by atomic mass is 32.2. The largest absolute Gasteiger partial charge is 0.478 e. The van der Waals surface area contributed by atoms with E-state index in [-0.39, 0.29) is 28.4 Å². The van der Waals surface area contributed by atoms with Gasteiger partial charge >= 0.3 is 5.97 Å². The zero-order chi connectivity index (χ0) is 21.0. The van der Waals surface area contributed by atoms with Crippen LogP contribution in [0.1, 0.15) is 22.3 Å². The van der Waals surface area contributed by atoms with Crippen molar-refractivity contribution < 1.29 is 23.9 Å². The van der Waals surface area contributed by atoms with Crippen LogP contribution in [0.25, 0.3) is 0 Å². The fraction of sp³-hybridized carbons (Fsp3) is 0.105. The average molecular weight is 414 g/mol. The molecule has 2 aromatic carbocycles. The number of hydrogen-bond donors (Lipinski definition) is 2. The maximum absolute atomic E-state index is 13.5. The lowest BCUT2D eigenvalue weighted by atomic mass is 10.2. The Morgan fingerprint density at radius 1 is 1.21 bits per heavy atom. The third-order valence-electron chi connectivity index (χ3n) is 4.00. The molecule has 0 spiro atoms. The molecule has 0 bridgehead atoms. The van der Waals surface area contributed by atoms with Crippen LogP contribution in [-0.4, -0.2) is 39.5 Å². The maximum Gasteiger partial charge on any atom is 0.335 e. The minimum absolute atomic E-state index is 0.0443. The molecular weight excluding hydrogens is 399 g/mol. The summed E-state index contributed by atoms with van der Waals surface area (Å²) < 4.78 is 13.5. The van der Waals surface area contributed by atoms with Crippen LogP contribution in [0.5, 0.6) is 0 Å². The van der Waals surface area contributed by atoms with E-state index in [1.54, 1.807) is 12.1 Å². The van der Waals surface area contributed by atoms with E-state index in [1.807, 2.05) is 0 Å². The van der Waals surface area contributed by atoms with Crippen molar-refractivity contribution in [1.82, 2.24) is 0 Å². The fourth-order valence-electron chi connectivity index (χ4n) is 2.62. The second-order valence-electron chi connectivity index (χ2n) is 5.93. The van der Waals surface area contributed by atoms with Gasteiger partial charge in [-0.2, -0.15) is 5.10 Å². The summed E-state index contributed by atoms with van der Waals surface area (Å²) in [5.41, 5.74) is 6.32. The predicted molar refractivity (Wildman–Crippen MR) is 108 cm³/mol. The van der Waals surface area contributed by atoms with Crippen molar-refractivity contribution in [1.29, 1.82) is 0 Å². The zero-order valence-electron chi connectivity index (χ0n) is 14.9. The Balaban J connectivity index is 1.67. The third kappa shape index (κ3) is 4.66. The van der Waals surface area contributed by atoms with Gasteiger partial charge < -0.3 is 10.8 Å². The molecule has 1 aliphatic heterocycles. The van der Waals surface area contributed by atoms with Gasteiger partial charge in [0, 0.05) is 12.0 Å². The number of nitrogens with two attached hydrogens (primary N) is 1. The van der Waals surface area contributed by atoms with Crippen LogP contribution in [0.3, 0.4) is 0 Å². The standard InChI is InChI=1S/C19H15FN4O4S/c20-14-4-2-1-3-12(14)10-22-23-19(21)29-15-9-16(25)24(17(15)26)13-7-5-11(6-8-13)18(27)28/h1-8,10,15H,9H2,(H2,21,23)(H,27,28)/b22-10-/t15-/m0/s1. The van der Waals surface area contributed by atoms with E-state index in [9.17, 15) is 18.8 Å². The molecule has 29 heavy (non-hydrogen) atoms. The molecule has 1 fully saturated rings.